The molecule has 0 bridgehead atoms. The van der Waals surface area contributed by atoms with Crippen LogP contribution in [0.25, 0.3) is 0 Å². The highest BCUT2D eigenvalue weighted by atomic mass is 32.1. The second kappa shape index (κ2) is 4.97. The maximum Gasteiger partial charge on any atom is 0.320 e. The number of rotatable bonds is 3. The van der Waals surface area contributed by atoms with Crippen LogP contribution in [0.1, 0.15) is 37.0 Å². The molecule has 1 saturated heterocycles. The minimum absolute atomic E-state index is 0.291. The first-order valence-corrected chi connectivity index (χ1v) is 7.49. The van der Waals surface area contributed by atoms with Crippen LogP contribution in [0.2, 0.25) is 0 Å². The van der Waals surface area contributed by atoms with Crippen LogP contribution in [0.3, 0.4) is 0 Å². The minimum atomic E-state index is -0.658. The minimum Gasteiger partial charge on any atom is -0.480 e. The van der Waals surface area contributed by atoms with Crippen molar-refractivity contribution < 1.29 is 9.90 Å². The van der Waals surface area contributed by atoms with Gasteiger partial charge in [0.1, 0.15) is 6.04 Å². The number of hydrogen-bond donors (Lipinski definition) is 1. The second-order valence-corrected chi connectivity index (χ2v) is 6.31. The predicted molar refractivity (Wildman–Crippen MR) is 69.4 cm³/mol. The molecule has 98 valence electrons. The lowest BCUT2D eigenvalue weighted by Gasteiger charge is -2.32. The van der Waals surface area contributed by atoms with Crippen molar-refractivity contribution in [2.45, 2.75) is 50.7 Å². The van der Waals surface area contributed by atoms with Crippen LogP contribution in [-0.2, 0) is 11.3 Å². The van der Waals surface area contributed by atoms with Gasteiger partial charge in [0.15, 0.2) is 0 Å². The van der Waals surface area contributed by atoms with Gasteiger partial charge in [-0.2, -0.15) is 0 Å². The monoisotopic (exact) mass is 266 g/mol. The molecule has 18 heavy (non-hydrogen) atoms. The lowest BCUT2D eigenvalue weighted by Crippen LogP contribution is -2.41. The average molecular weight is 266 g/mol. The zero-order valence-electron chi connectivity index (χ0n) is 10.3. The molecule has 3 rings (SSSR count). The summed E-state index contributed by atoms with van der Waals surface area (Å²) in [5.74, 6) is -0.0679. The highest BCUT2D eigenvalue weighted by Crippen LogP contribution is 2.40. The summed E-state index contributed by atoms with van der Waals surface area (Å²) >= 11 is 1.62. The molecule has 5 heteroatoms. The molecular weight excluding hydrogens is 248 g/mol. The Balaban J connectivity index is 1.80. The summed E-state index contributed by atoms with van der Waals surface area (Å²) in [7, 11) is 0. The van der Waals surface area contributed by atoms with Crippen molar-refractivity contribution in [1.29, 1.82) is 0 Å². The van der Waals surface area contributed by atoms with E-state index in [4.69, 9.17) is 0 Å². The van der Waals surface area contributed by atoms with E-state index in [1.54, 1.807) is 11.3 Å². The number of aliphatic carboxylic acids is 1. The largest absolute Gasteiger partial charge is 0.480 e. The van der Waals surface area contributed by atoms with E-state index >= 15 is 0 Å². The Hall–Kier alpha value is -0.940. The topological polar surface area (TPSA) is 53.4 Å². The number of carboxylic acids is 1. The van der Waals surface area contributed by atoms with Crippen LogP contribution < -0.4 is 0 Å². The van der Waals surface area contributed by atoms with Gasteiger partial charge in [-0.15, -0.1) is 11.3 Å². The third kappa shape index (κ3) is 2.17. The molecule has 2 aliphatic rings. The Bertz CT molecular complexity index is 421. The SMILES string of the molecule is O=C(O)C1CC2CCCCC2N1Cc1cncs1. The summed E-state index contributed by atoms with van der Waals surface area (Å²) in [6.45, 7) is 0.753. The molecule has 2 fully saturated rings. The van der Waals surface area contributed by atoms with Gasteiger partial charge < -0.3 is 5.11 Å². The lowest BCUT2D eigenvalue weighted by molar-refractivity contribution is -0.142. The third-order valence-electron chi connectivity index (χ3n) is 4.33. The first-order chi connectivity index (χ1) is 8.75. The Labute approximate surface area is 111 Å². The molecule has 1 aromatic heterocycles. The van der Waals surface area contributed by atoms with Gasteiger partial charge >= 0.3 is 5.97 Å². The van der Waals surface area contributed by atoms with E-state index in [0.717, 1.165) is 19.4 Å². The quantitative estimate of drug-likeness (QED) is 0.912. The van der Waals surface area contributed by atoms with Crippen LogP contribution >= 0.6 is 11.3 Å². The Kier molecular flexibility index (Phi) is 3.35. The fourth-order valence-corrected chi connectivity index (χ4v) is 4.13. The first kappa shape index (κ1) is 12.1. The number of carboxylic acid groups (broad SMARTS) is 1. The van der Waals surface area contributed by atoms with Crippen LogP contribution in [0.15, 0.2) is 11.7 Å². The van der Waals surface area contributed by atoms with Crippen molar-refractivity contribution in [1.82, 2.24) is 9.88 Å². The number of fused-ring (bicyclic) bond motifs is 1. The Morgan fingerprint density at radius 2 is 2.33 bits per heavy atom. The van der Waals surface area contributed by atoms with E-state index < -0.39 is 5.97 Å². The van der Waals surface area contributed by atoms with Crippen molar-refractivity contribution >= 4 is 17.3 Å². The molecule has 0 spiro atoms. The Morgan fingerprint density at radius 3 is 3.06 bits per heavy atom. The van der Waals surface area contributed by atoms with Gasteiger partial charge in [-0.25, -0.2) is 0 Å². The molecule has 0 amide bonds. The predicted octanol–water partition coefficient (Wildman–Crippen LogP) is 2.36. The molecule has 1 aromatic rings. The summed E-state index contributed by atoms with van der Waals surface area (Å²) in [5, 5.41) is 9.41. The molecule has 3 atom stereocenters. The zero-order valence-corrected chi connectivity index (χ0v) is 11.1. The van der Waals surface area contributed by atoms with Crippen molar-refractivity contribution in [2.24, 2.45) is 5.92 Å². The molecule has 4 nitrogen and oxygen atoms in total. The molecule has 1 aliphatic heterocycles. The van der Waals surface area contributed by atoms with Gasteiger partial charge in [-0.3, -0.25) is 14.7 Å². The van der Waals surface area contributed by atoms with Crippen LogP contribution in [0, 0.1) is 5.92 Å². The number of nitrogens with zero attached hydrogens (tertiary/aromatic N) is 2. The highest BCUT2D eigenvalue weighted by Gasteiger charge is 2.45. The summed E-state index contributed by atoms with van der Waals surface area (Å²) < 4.78 is 0. The van der Waals surface area contributed by atoms with Crippen LogP contribution in [-0.4, -0.2) is 33.0 Å². The van der Waals surface area contributed by atoms with Gasteiger partial charge in [0.2, 0.25) is 0 Å². The molecule has 1 N–H and O–H groups in total. The zero-order chi connectivity index (χ0) is 12.5. The number of carbonyl (C=O) groups is 1. The van der Waals surface area contributed by atoms with Crippen molar-refractivity contribution in [3.8, 4) is 0 Å². The van der Waals surface area contributed by atoms with E-state index in [1.165, 1.54) is 24.1 Å². The van der Waals surface area contributed by atoms with Gasteiger partial charge in [-0.05, 0) is 25.2 Å². The maximum atomic E-state index is 11.4. The fraction of sp³-hybridized carbons (Fsp3) is 0.692. The van der Waals surface area contributed by atoms with Gasteiger partial charge in [0.05, 0.1) is 5.51 Å². The highest BCUT2D eigenvalue weighted by molar-refractivity contribution is 7.09. The molecule has 3 unspecified atom stereocenters. The first-order valence-electron chi connectivity index (χ1n) is 6.61. The van der Waals surface area contributed by atoms with E-state index in [0.29, 0.717) is 12.0 Å². The third-order valence-corrected chi connectivity index (χ3v) is 5.09. The van der Waals surface area contributed by atoms with Crippen molar-refractivity contribution in [3.05, 3.63) is 16.6 Å². The summed E-state index contributed by atoms with van der Waals surface area (Å²) in [5.41, 5.74) is 1.82. The molecule has 0 radical (unpaired) electrons. The number of likely N-dealkylation sites (tertiary alicyclic amines) is 1. The number of aromatic nitrogens is 1. The maximum absolute atomic E-state index is 11.4. The smallest absolute Gasteiger partial charge is 0.320 e. The number of hydrogen-bond acceptors (Lipinski definition) is 4. The van der Waals surface area contributed by atoms with E-state index in [-0.39, 0.29) is 6.04 Å². The standard InChI is InChI=1S/C13H18N2O2S/c16-13(17)12-5-9-3-1-2-4-11(9)15(12)7-10-6-14-8-18-10/h6,8-9,11-12H,1-5,7H2,(H,16,17). The van der Waals surface area contributed by atoms with Gasteiger partial charge in [-0.1, -0.05) is 12.8 Å². The van der Waals surface area contributed by atoms with Crippen LogP contribution in [0.4, 0.5) is 0 Å². The summed E-state index contributed by atoms with van der Waals surface area (Å²) in [4.78, 5) is 18.9. The molecule has 2 heterocycles. The lowest BCUT2D eigenvalue weighted by atomic mass is 9.85. The second-order valence-electron chi connectivity index (χ2n) is 5.34. The Morgan fingerprint density at radius 1 is 1.50 bits per heavy atom. The summed E-state index contributed by atoms with van der Waals surface area (Å²) in [6.07, 6.45) is 7.56. The average Bonchev–Trinajstić information content (AvgIpc) is 2.98. The molecule has 1 aliphatic carbocycles. The van der Waals surface area contributed by atoms with Crippen LogP contribution in [0.5, 0.6) is 0 Å². The van der Waals surface area contributed by atoms with Gasteiger partial charge in [0.25, 0.3) is 0 Å². The van der Waals surface area contributed by atoms with E-state index in [2.05, 4.69) is 9.88 Å². The summed E-state index contributed by atoms with van der Waals surface area (Å²) in [6, 6.07) is 0.183. The van der Waals surface area contributed by atoms with Crippen molar-refractivity contribution in [3.63, 3.8) is 0 Å². The molecule has 1 saturated carbocycles. The molecule has 0 aromatic carbocycles. The van der Waals surface area contributed by atoms with E-state index in [9.17, 15) is 9.90 Å². The van der Waals surface area contributed by atoms with Gasteiger partial charge in [0, 0.05) is 23.7 Å². The normalized spacial score (nSPS) is 32.3. The fourth-order valence-electron chi connectivity index (χ4n) is 3.52. The van der Waals surface area contributed by atoms with Crippen molar-refractivity contribution in [2.75, 3.05) is 0 Å². The number of thiazole rings is 1. The van der Waals surface area contributed by atoms with E-state index in [1.807, 2.05) is 11.7 Å². The molecular formula is C13H18N2O2S.